The molecule has 1 aromatic carbocycles. The van der Waals surface area contributed by atoms with Crippen molar-refractivity contribution in [3.8, 4) is 11.3 Å². The number of hydrogen-bond donors (Lipinski definition) is 4. The van der Waals surface area contributed by atoms with Gasteiger partial charge in [0.05, 0.1) is 12.3 Å². The number of anilines is 2. The van der Waals surface area contributed by atoms with Gasteiger partial charge in [-0.1, -0.05) is 12.1 Å². The fourth-order valence-corrected chi connectivity index (χ4v) is 3.58. The number of rotatable bonds is 4. The van der Waals surface area contributed by atoms with Gasteiger partial charge in [-0.2, -0.15) is 8.42 Å². The third-order valence-electron chi connectivity index (χ3n) is 3.06. The summed E-state index contributed by atoms with van der Waals surface area (Å²) in [4.78, 5) is 4.35. The Morgan fingerprint density at radius 1 is 1.38 bits per heavy atom. The quantitative estimate of drug-likeness (QED) is 0.454. The van der Waals surface area contributed by atoms with Gasteiger partial charge in [-0.05, 0) is 19.1 Å². The zero-order valence-electron chi connectivity index (χ0n) is 13.6. The van der Waals surface area contributed by atoms with E-state index >= 15 is 0 Å². The Bertz CT molecular complexity index is 1010. The number of amidine groups is 1. The lowest BCUT2D eigenvalue weighted by Crippen LogP contribution is -2.23. The second-order valence-corrected chi connectivity index (χ2v) is 7.12. The maximum absolute atomic E-state index is 11.6. The third-order valence-corrected chi connectivity index (χ3v) is 4.62. The van der Waals surface area contributed by atoms with Gasteiger partial charge in [0, 0.05) is 16.6 Å². The number of benzene rings is 1. The molecule has 0 atom stereocenters. The predicted molar refractivity (Wildman–Crippen MR) is 102 cm³/mol. The van der Waals surface area contributed by atoms with Gasteiger partial charge in [0.2, 0.25) is 5.84 Å². The highest BCUT2D eigenvalue weighted by atomic mass is 32.2. The minimum Gasteiger partial charge on any atom is -0.475 e. The number of thiazole rings is 1. The number of guanidine groups is 1. The Labute approximate surface area is 153 Å². The molecule has 1 aliphatic heterocycles. The van der Waals surface area contributed by atoms with Crippen LogP contribution in [0.25, 0.3) is 11.3 Å². The predicted octanol–water partition coefficient (Wildman–Crippen LogP) is 1.62. The van der Waals surface area contributed by atoms with Crippen molar-refractivity contribution < 1.29 is 13.2 Å². The van der Waals surface area contributed by atoms with Gasteiger partial charge in [-0.25, -0.2) is 4.98 Å². The minimum absolute atomic E-state index is 0.0289. The molecule has 1 aliphatic rings. The molecule has 0 aliphatic carbocycles. The molecule has 26 heavy (non-hydrogen) atoms. The van der Waals surface area contributed by atoms with Crippen LogP contribution in [0.5, 0.6) is 0 Å². The monoisotopic (exact) mass is 393 g/mol. The summed E-state index contributed by atoms with van der Waals surface area (Å²) in [6.45, 7) is 1.99. The van der Waals surface area contributed by atoms with Gasteiger partial charge in [0.1, 0.15) is 0 Å². The molecule has 2 heterocycles. The molecule has 1 aromatic heterocycles. The van der Waals surface area contributed by atoms with Gasteiger partial charge in [0.15, 0.2) is 11.1 Å². The van der Waals surface area contributed by atoms with Crippen molar-refractivity contribution in [1.29, 1.82) is 5.41 Å². The molecule has 5 N–H and O–H groups in total. The Morgan fingerprint density at radius 3 is 2.92 bits per heavy atom. The average Bonchev–Trinajstić information content (AvgIpc) is 3.12. The van der Waals surface area contributed by atoms with Crippen LogP contribution in [0.3, 0.4) is 0 Å². The molecule has 12 heteroatoms. The van der Waals surface area contributed by atoms with E-state index in [1.54, 1.807) is 25.1 Å². The molecule has 0 fully saturated rings. The van der Waals surface area contributed by atoms with Crippen molar-refractivity contribution in [3.63, 3.8) is 0 Å². The van der Waals surface area contributed by atoms with Gasteiger partial charge in [-0.3, -0.25) is 5.41 Å². The highest BCUT2D eigenvalue weighted by molar-refractivity contribution is 7.89. The van der Waals surface area contributed by atoms with E-state index in [0.717, 1.165) is 5.56 Å². The number of hydrogen-bond acceptors (Lipinski definition) is 7. The van der Waals surface area contributed by atoms with Crippen molar-refractivity contribution in [2.75, 3.05) is 17.2 Å². The summed E-state index contributed by atoms with van der Waals surface area (Å²) in [5, 5.41) is 15.1. The number of nitrogens with zero attached hydrogens (tertiary/aromatic N) is 3. The Kier molecular flexibility index (Phi) is 4.86. The summed E-state index contributed by atoms with van der Waals surface area (Å²) in [6.07, 6.45) is 0. The lowest BCUT2D eigenvalue weighted by molar-refractivity contribution is 0.335. The van der Waals surface area contributed by atoms with Crippen LogP contribution in [0.15, 0.2) is 38.4 Å². The summed E-state index contributed by atoms with van der Waals surface area (Å²) in [5.41, 5.74) is 7.36. The van der Waals surface area contributed by atoms with Crippen molar-refractivity contribution >= 4 is 50.1 Å². The van der Waals surface area contributed by atoms with Crippen molar-refractivity contribution in [1.82, 2.24) is 4.98 Å². The van der Waals surface area contributed by atoms with E-state index in [1.165, 1.54) is 11.3 Å². The first-order valence-corrected chi connectivity index (χ1v) is 9.66. The summed E-state index contributed by atoms with van der Waals surface area (Å²) in [7, 11) is -3.92. The zero-order valence-corrected chi connectivity index (χ0v) is 15.2. The van der Waals surface area contributed by atoms with Crippen LogP contribution in [0.4, 0.5) is 10.8 Å². The average molecular weight is 393 g/mol. The molecule has 2 aromatic rings. The van der Waals surface area contributed by atoms with Crippen LogP contribution >= 0.6 is 11.3 Å². The maximum Gasteiger partial charge on any atom is 0.368 e. The molecule has 0 unspecified atom stereocenters. The van der Waals surface area contributed by atoms with Crippen molar-refractivity contribution in [2.24, 2.45) is 14.5 Å². The SMILES string of the molecule is CCOC1=NS(=O)(=O)N=C1Nc1cccc(-c2csc(NC(=N)N)n2)c1. The van der Waals surface area contributed by atoms with Gasteiger partial charge in [0.25, 0.3) is 5.90 Å². The summed E-state index contributed by atoms with van der Waals surface area (Å²) in [5.74, 6) is -0.231. The van der Waals surface area contributed by atoms with Crippen molar-refractivity contribution in [2.45, 2.75) is 6.92 Å². The molecule has 0 radical (unpaired) electrons. The topological polar surface area (TPSA) is 155 Å². The molecule has 0 spiro atoms. The van der Waals surface area contributed by atoms with Crippen LogP contribution < -0.4 is 16.4 Å². The van der Waals surface area contributed by atoms with E-state index in [9.17, 15) is 8.42 Å². The normalized spacial score (nSPS) is 15.1. The molecule has 0 amide bonds. The number of aromatic nitrogens is 1. The first-order chi connectivity index (χ1) is 12.4. The van der Waals surface area contributed by atoms with E-state index in [1.807, 2.05) is 11.4 Å². The first kappa shape index (κ1) is 17.8. The second kappa shape index (κ2) is 7.09. The fourth-order valence-electron chi connectivity index (χ4n) is 2.10. The zero-order chi connectivity index (χ0) is 18.7. The standard InChI is InChI=1S/C14H15N7O3S2/c1-2-24-12-11(20-26(22,23)21-12)17-9-5-3-4-8(6-9)10-7-25-14(18-10)19-13(15)16/h3-7H,2H2,1H3,(H,17,20)(H4,15,16,18,19). The minimum atomic E-state index is -3.92. The second-order valence-electron chi connectivity index (χ2n) is 5.00. The molecule has 3 rings (SSSR count). The third kappa shape index (κ3) is 4.15. The summed E-state index contributed by atoms with van der Waals surface area (Å²) < 4.78 is 35.3. The molecule has 10 nitrogen and oxygen atoms in total. The van der Waals surface area contributed by atoms with Crippen LogP contribution in [0.1, 0.15) is 6.92 Å². The Balaban J connectivity index is 1.83. The summed E-state index contributed by atoms with van der Waals surface area (Å²) in [6, 6.07) is 7.17. The van der Waals surface area contributed by atoms with E-state index in [-0.39, 0.29) is 24.3 Å². The maximum atomic E-state index is 11.6. The van der Waals surface area contributed by atoms with Crippen molar-refractivity contribution in [3.05, 3.63) is 29.6 Å². The van der Waals surface area contributed by atoms with Gasteiger partial charge >= 0.3 is 10.2 Å². The Hall–Kier alpha value is -2.99. The van der Waals surface area contributed by atoms with Crippen LogP contribution in [0.2, 0.25) is 0 Å². The molecular formula is C14H15N7O3S2. The van der Waals surface area contributed by atoms with E-state index in [2.05, 4.69) is 24.4 Å². The van der Waals surface area contributed by atoms with E-state index in [4.69, 9.17) is 15.9 Å². The lowest BCUT2D eigenvalue weighted by Gasteiger charge is -2.08. The largest absolute Gasteiger partial charge is 0.475 e. The van der Waals surface area contributed by atoms with Gasteiger partial charge < -0.3 is 21.1 Å². The molecular weight excluding hydrogens is 378 g/mol. The molecule has 0 bridgehead atoms. The van der Waals surface area contributed by atoms with Crippen LogP contribution in [-0.2, 0) is 14.9 Å². The highest BCUT2D eigenvalue weighted by Crippen LogP contribution is 2.27. The van der Waals surface area contributed by atoms with Crippen LogP contribution in [-0.4, -0.2) is 37.7 Å². The number of ether oxygens (including phenoxy) is 1. The summed E-state index contributed by atoms with van der Waals surface area (Å²) >= 11 is 1.31. The molecule has 0 saturated carbocycles. The number of nitrogens with two attached hydrogens (primary N) is 1. The van der Waals surface area contributed by atoms with Crippen LogP contribution in [0, 0.1) is 5.41 Å². The molecule has 0 saturated heterocycles. The van der Waals surface area contributed by atoms with E-state index in [0.29, 0.717) is 16.5 Å². The highest BCUT2D eigenvalue weighted by Gasteiger charge is 2.25. The Morgan fingerprint density at radius 2 is 2.19 bits per heavy atom. The van der Waals surface area contributed by atoms with E-state index < -0.39 is 10.2 Å². The molecule has 136 valence electrons. The smallest absolute Gasteiger partial charge is 0.368 e. The lowest BCUT2D eigenvalue weighted by atomic mass is 10.1. The number of nitrogens with one attached hydrogen (secondary N) is 3. The first-order valence-electron chi connectivity index (χ1n) is 7.38. The van der Waals surface area contributed by atoms with Gasteiger partial charge in [-0.15, -0.1) is 20.1 Å². The fraction of sp³-hybridized carbons (Fsp3) is 0.143.